The van der Waals surface area contributed by atoms with Crippen molar-refractivity contribution in [3.8, 4) is 0 Å². The van der Waals surface area contributed by atoms with Crippen LogP contribution in [0.3, 0.4) is 0 Å². The molecule has 0 aliphatic rings. The fourth-order valence-electron chi connectivity index (χ4n) is 1.48. The van der Waals surface area contributed by atoms with E-state index in [1.165, 1.54) is 11.8 Å². The van der Waals surface area contributed by atoms with Crippen molar-refractivity contribution in [3.05, 3.63) is 35.4 Å². The highest BCUT2D eigenvalue weighted by atomic mass is 32.2. The summed E-state index contributed by atoms with van der Waals surface area (Å²) in [6, 6.07) is 7.27. The highest BCUT2D eigenvalue weighted by molar-refractivity contribution is 7.99. The van der Waals surface area contributed by atoms with E-state index in [2.05, 4.69) is 5.16 Å². The second-order valence-electron chi connectivity index (χ2n) is 3.87. The van der Waals surface area contributed by atoms with Crippen LogP contribution in [0.2, 0.25) is 0 Å². The lowest BCUT2D eigenvalue weighted by Crippen LogP contribution is -2.27. The van der Waals surface area contributed by atoms with E-state index in [0.717, 1.165) is 5.56 Å². The van der Waals surface area contributed by atoms with E-state index in [-0.39, 0.29) is 11.7 Å². The fraction of sp³-hybridized carbons (Fsp3) is 0.333. The summed E-state index contributed by atoms with van der Waals surface area (Å²) in [6.45, 7) is 0.506. The van der Waals surface area contributed by atoms with Crippen LogP contribution in [-0.2, 0) is 11.3 Å². The molecule has 18 heavy (non-hydrogen) atoms. The number of benzene rings is 1. The number of amidine groups is 1. The molecule has 1 aromatic rings. The monoisotopic (exact) mass is 267 g/mol. The molecule has 3 N–H and O–H groups in total. The van der Waals surface area contributed by atoms with E-state index in [1.54, 1.807) is 24.1 Å². The van der Waals surface area contributed by atoms with Crippen LogP contribution in [0.25, 0.3) is 0 Å². The first kappa shape index (κ1) is 14.4. The topological polar surface area (TPSA) is 78.9 Å². The molecule has 1 amide bonds. The van der Waals surface area contributed by atoms with Gasteiger partial charge >= 0.3 is 0 Å². The third kappa shape index (κ3) is 3.96. The maximum atomic E-state index is 11.6. The number of oxime groups is 1. The molecule has 1 rings (SSSR count). The van der Waals surface area contributed by atoms with E-state index in [1.807, 2.05) is 18.4 Å². The summed E-state index contributed by atoms with van der Waals surface area (Å²) in [5.74, 6) is 0.614. The number of nitrogens with zero attached hydrogens (tertiary/aromatic N) is 2. The number of rotatable bonds is 5. The van der Waals surface area contributed by atoms with Crippen molar-refractivity contribution in [1.29, 1.82) is 0 Å². The van der Waals surface area contributed by atoms with Gasteiger partial charge < -0.3 is 15.8 Å². The Kier molecular flexibility index (Phi) is 5.51. The summed E-state index contributed by atoms with van der Waals surface area (Å²) in [5, 5.41) is 11.6. The summed E-state index contributed by atoms with van der Waals surface area (Å²) < 4.78 is 0. The maximum absolute atomic E-state index is 11.6. The molecule has 0 bridgehead atoms. The van der Waals surface area contributed by atoms with Crippen LogP contribution in [-0.4, -0.2) is 40.9 Å². The van der Waals surface area contributed by atoms with Crippen molar-refractivity contribution in [2.75, 3.05) is 19.1 Å². The zero-order chi connectivity index (χ0) is 13.5. The summed E-state index contributed by atoms with van der Waals surface area (Å²) in [6.07, 6.45) is 1.89. The van der Waals surface area contributed by atoms with Crippen LogP contribution in [0.4, 0.5) is 0 Å². The third-order valence-corrected chi connectivity index (χ3v) is 2.98. The van der Waals surface area contributed by atoms with Gasteiger partial charge in [-0.3, -0.25) is 4.79 Å². The number of hydrogen-bond acceptors (Lipinski definition) is 4. The molecule has 0 aromatic heterocycles. The van der Waals surface area contributed by atoms with Gasteiger partial charge in [-0.25, -0.2) is 0 Å². The smallest absolute Gasteiger partial charge is 0.232 e. The van der Waals surface area contributed by atoms with Gasteiger partial charge in [-0.15, -0.1) is 0 Å². The van der Waals surface area contributed by atoms with Gasteiger partial charge in [0.25, 0.3) is 0 Å². The zero-order valence-electron chi connectivity index (χ0n) is 10.5. The predicted octanol–water partition coefficient (Wildman–Crippen LogP) is 1.10. The van der Waals surface area contributed by atoms with E-state index < -0.39 is 0 Å². The molecule has 6 heteroatoms. The molecule has 0 atom stereocenters. The summed E-state index contributed by atoms with van der Waals surface area (Å²) in [5.41, 5.74) is 7.10. The second-order valence-corrected chi connectivity index (χ2v) is 4.73. The number of carbonyl (C=O) groups is 1. The lowest BCUT2D eigenvalue weighted by Gasteiger charge is -2.17. The molecular formula is C12H17N3O2S. The van der Waals surface area contributed by atoms with Crippen LogP contribution in [0, 0.1) is 0 Å². The van der Waals surface area contributed by atoms with Gasteiger partial charge in [0.2, 0.25) is 5.91 Å². The lowest BCUT2D eigenvalue weighted by atomic mass is 10.1. The average Bonchev–Trinajstić information content (AvgIpc) is 2.38. The standard InChI is InChI=1S/C12H17N3O2S/c1-15(11(16)8-18-2)7-9-4-3-5-10(6-9)12(13)14-17/h3-6,17H,7-8H2,1-2H3,(H2,13,14). The molecule has 0 aliphatic carbocycles. The minimum absolute atomic E-state index is 0.0648. The van der Waals surface area contributed by atoms with Crippen molar-refractivity contribution >= 4 is 23.5 Å². The first-order valence-electron chi connectivity index (χ1n) is 5.38. The molecule has 0 saturated carbocycles. The SMILES string of the molecule is CSCC(=O)N(C)Cc1cccc(C(N)=NO)c1. The second kappa shape index (κ2) is 6.90. The van der Waals surface area contributed by atoms with Crippen molar-refractivity contribution in [3.63, 3.8) is 0 Å². The molecule has 0 saturated heterocycles. The normalized spacial score (nSPS) is 11.3. The Morgan fingerprint density at radius 3 is 2.89 bits per heavy atom. The Balaban J connectivity index is 2.76. The van der Waals surface area contributed by atoms with Gasteiger partial charge in [0.1, 0.15) is 0 Å². The molecule has 0 fully saturated rings. The van der Waals surface area contributed by atoms with E-state index in [9.17, 15) is 4.79 Å². The van der Waals surface area contributed by atoms with E-state index >= 15 is 0 Å². The molecule has 0 radical (unpaired) electrons. The van der Waals surface area contributed by atoms with E-state index in [0.29, 0.717) is 17.9 Å². The molecule has 0 spiro atoms. The van der Waals surface area contributed by atoms with Crippen molar-refractivity contribution in [2.24, 2.45) is 10.9 Å². The number of carbonyl (C=O) groups excluding carboxylic acids is 1. The molecule has 1 aromatic carbocycles. The molecule has 0 unspecified atom stereocenters. The first-order chi connectivity index (χ1) is 8.58. The van der Waals surface area contributed by atoms with Gasteiger partial charge in [-0.05, 0) is 17.9 Å². The Hall–Kier alpha value is -1.69. The van der Waals surface area contributed by atoms with Crippen LogP contribution in [0.5, 0.6) is 0 Å². The number of thioether (sulfide) groups is 1. The third-order valence-electron chi connectivity index (χ3n) is 2.44. The van der Waals surface area contributed by atoms with Crippen LogP contribution < -0.4 is 5.73 Å². The van der Waals surface area contributed by atoms with Gasteiger partial charge in [-0.2, -0.15) is 11.8 Å². The Bertz CT molecular complexity index is 449. The van der Waals surface area contributed by atoms with Gasteiger partial charge in [0.05, 0.1) is 5.75 Å². The summed E-state index contributed by atoms with van der Waals surface area (Å²) in [4.78, 5) is 13.3. The number of hydrogen-bond donors (Lipinski definition) is 2. The minimum Gasteiger partial charge on any atom is -0.409 e. The van der Waals surface area contributed by atoms with Gasteiger partial charge in [0, 0.05) is 19.2 Å². The zero-order valence-corrected chi connectivity index (χ0v) is 11.3. The fourth-order valence-corrected chi connectivity index (χ4v) is 1.95. The summed E-state index contributed by atoms with van der Waals surface area (Å²) in [7, 11) is 1.76. The largest absolute Gasteiger partial charge is 0.409 e. The van der Waals surface area contributed by atoms with Crippen LogP contribution >= 0.6 is 11.8 Å². The van der Waals surface area contributed by atoms with Crippen molar-refractivity contribution in [2.45, 2.75) is 6.54 Å². The Morgan fingerprint density at radius 1 is 1.56 bits per heavy atom. The number of nitrogens with two attached hydrogens (primary N) is 1. The molecule has 5 nitrogen and oxygen atoms in total. The van der Waals surface area contributed by atoms with Crippen molar-refractivity contribution < 1.29 is 10.0 Å². The van der Waals surface area contributed by atoms with Crippen molar-refractivity contribution in [1.82, 2.24) is 4.90 Å². The number of amides is 1. The maximum Gasteiger partial charge on any atom is 0.232 e. The van der Waals surface area contributed by atoms with Gasteiger partial charge in [-0.1, -0.05) is 23.4 Å². The molecule has 0 aliphatic heterocycles. The van der Waals surface area contributed by atoms with Gasteiger partial charge in [0.15, 0.2) is 5.84 Å². The molecule has 98 valence electrons. The predicted molar refractivity (Wildman–Crippen MR) is 73.8 cm³/mol. The Labute approximate surface area is 111 Å². The highest BCUT2D eigenvalue weighted by Crippen LogP contribution is 2.08. The lowest BCUT2D eigenvalue weighted by molar-refractivity contribution is -0.127. The Morgan fingerprint density at radius 2 is 2.28 bits per heavy atom. The molecule has 0 heterocycles. The highest BCUT2D eigenvalue weighted by Gasteiger charge is 2.09. The molecular weight excluding hydrogens is 250 g/mol. The van der Waals surface area contributed by atoms with E-state index in [4.69, 9.17) is 10.9 Å². The first-order valence-corrected chi connectivity index (χ1v) is 6.77. The average molecular weight is 267 g/mol. The quantitative estimate of drug-likeness (QED) is 0.362. The van der Waals surface area contributed by atoms with Crippen LogP contribution in [0.15, 0.2) is 29.4 Å². The summed E-state index contributed by atoms with van der Waals surface area (Å²) >= 11 is 1.50. The van der Waals surface area contributed by atoms with Crippen LogP contribution in [0.1, 0.15) is 11.1 Å². The minimum atomic E-state index is 0.0648.